The Bertz CT molecular complexity index is 2320. The molecule has 7 rings (SSSR count). The van der Waals surface area contributed by atoms with Gasteiger partial charge in [-0.2, -0.15) is 5.10 Å². The van der Waals surface area contributed by atoms with Crippen molar-refractivity contribution >= 4 is 21.8 Å². The number of pyridine rings is 1. The third-order valence-corrected chi connectivity index (χ3v) is 10.9. The Morgan fingerprint density at radius 1 is 0.686 bits per heavy atom. The minimum Gasteiger partial charge on any atom is -0.457 e. The van der Waals surface area contributed by atoms with Gasteiger partial charge >= 0.3 is 0 Å². The van der Waals surface area contributed by atoms with E-state index in [2.05, 4.69) is 133 Å². The number of para-hydroxylation sites is 1. The van der Waals surface area contributed by atoms with Gasteiger partial charge in [0.1, 0.15) is 17.3 Å². The summed E-state index contributed by atoms with van der Waals surface area (Å²) in [7, 11) is 0. The molecule has 2 unspecified atom stereocenters. The fraction of sp³-hybridized carbons (Fsp3) is 0.304. The fourth-order valence-electron chi connectivity index (χ4n) is 8.22. The van der Waals surface area contributed by atoms with Gasteiger partial charge < -0.3 is 4.74 Å². The highest BCUT2D eigenvalue weighted by Gasteiger charge is 2.26. The van der Waals surface area contributed by atoms with Gasteiger partial charge in [0.25, 0.3) is 0 Å². The largest absolute Gasteiger partial charge is 0.457 e. The molecule has 7 aromatic rings. The number of benzene rings is 4. The number of rotatable bonds is 11. The second-order valence-electron chi connectivity index (χ2n) is 14.5. The van der Waals surface area contributed by atoms with Gasteiger partial charge in [-0.05, 0) is 134 Å². The van der Waals surface area contributed by atoms with Gasteiger partial charge in [-0.25, -0.2) is 9.67 Å². The van der Waals surface area contributed by atoms with Crippen molar-refractivity contribution in [3.8, 4) is 34.1 Å². The van der Waals surface area contributed by atoms with Gasteiger partial charge in [-0.15, -0.1) is 0 Å². The van der Waals surface area contributed by atoms with Gasteiger partial charge in [-0.3, -0.25) is 4.57 Å². The standard InChI is InChI=1S/C46H50N4O/c1-9-14-30(4)44-33(7)32(6)34(8)45(31(5)15-10-2)46(44)35-27-48-49(28-35)36-16-13-17-37(25-36)51-38-20-21-40-39-18-11-12-19-41(39)50(42(40)26-38)43-24-29(3)22-23-47-43/h11-13,16-28,30-31H,9-10,14-15H2,1-8H3. The van der Waals surface area contributed by atoms with E-state index in [-0.39, 0.29) is 0 Å². The maximum Gasteiger partial charge on any atom is 0.137 e. The maximum absolute atomic E-state index is 6.58. The van der Waals surface area contributed by atoms with Gasteiger partial charge in [0.2, 0.25) is 0 Å². The lowest BCUT2D eigenvalue weighted by Gasteiger charge is -2.28. The lowest BCUT2D eigenvalue weighted by Crippen LogP contribution is -2.10. The quantitative estimate of drug-likeness (QED) is 0.137. The Morgan fingerprint density at radius 3 is 2.08 bits per heavy atom. The lowest BCUT2D eigenvalue weighted by atomic mass is 9.76. The summed E-state index contributed by atoms with van der Waals surface area (Å²) in [6, 6.07) is 27.2. The predicted molar refractivity (Wildman–Crippen MR) is 213 cm³/mol. The first-order valence-electron chi connectivity index (χ1n) is 18.6. The van der Waals surface area contributed by atoms with Crippen molar-refractivity contribution in [2.24, 2.45) is 0 Å². The molecular weight excluding hydrogens is 625 g/mol. The van der Waals surface area contributed by atoms with Crippen LogP contribution in [0.25, 0.3) is 44.4 Å². The van der Waals surface area contributed by atoms with Crippen LogP contribution in [0.4, 0.5) is 0 Å². The van der Waals surface area contributed by atoms with Crippen LogP contribution >= 0.6 is 0 Å². The monoisotopic (exact) mass is 674 g/mol. The predicted octanol–water partition coefficient (Wildman–Crippen LogP) is 12.9. The molecule has 0 saturated heterocycles. The molecule has 3 heterocycles. The van der Waals surface area contributed by atoms with Crippen molar-refractivity contribution in [1.29, 1.82) is 0 Å². The highest BCUT2D eigenvalue weighted by Crippen LogP contribution is 2.44. The number of nitrogens with zero attached hydrogens (tertiary/aromatic N) is 4. The Labute approximate surface area is 302 Å². The second-order valence-corrected chi connectivity index (χ2v) is 14.5. The van der Waals surface area contributed by atoms with Crippen LogP contribution in [0.1, 0.15) is 98.6 Å². The summed E-state index contributed by atoms with van der Waals surface area (Å²) in [5, 5.41) is 7.31. The minimum absolute atomic E-state index is 0.467. The number of hydrogen-bond donors (Lipinski definition) is 0. The Kier molecular flexibility index (Phi) is 9.56. The van der Waals surface area contributed by atoms with Crippen molar-refractivity contribution in [2.75, 3.05) is 0 Å². The van der Waals surface area contributed by atoms with Crippen LogP contribution in [-0.2, 0) is 0 Å². The lowest BCUT2D eigenvalue weighted by molar-refractivity contribution is 0.483. The van der Waals surface area contributed by atoms with Crippen LogP contribution in [0.3, 0.4) is 0 Å². The van der Waals surface area contributed by atoms with Gasteiger partial charge in [-0.1, -0.05) is 64.8 Å². The van der Waals surface area contributed by atoms with E-state index in [1.807, 2.05) is 29.1 Å². The topological polar surface area (TPSA) is 44.9 Å². The van der Waals surface area contributed by atoms with Crippen LogP contribution < -0.4 is 4.74 Å². The van der Waals surface area contributed by atoms with Gasteiger partial charge in [0.15, 0.2) is 0 Å². The molecule has 0 radical (unpaired) electrons. The molecule has 0 amide bonds. The van der Waals surface area contributed by atoms with Crippen LogP contribution in [0.15, 0.2) is 97.5 Å². The van der Waals surface area contributed by atoms with E-state index in [0.29, 0.717) is 11.8 Å². The third-order valence-electron chi connectivity index (χ3n) is 10.9. The van der Waals surface area contributed by atoms with Crippen LogP contribution in [0.5, 0.6) is 11.5 Å². The summed E-state index contributed by atoms with van der Waals surface area (Å²) in [6.45, 7) is 18.4. The van der Waals surface area contributed by atoms with E-state index >= 15 is 0 Å². The normalized spacial score (nSPS) is 12.9. The molecule has 51 heavy (non-hydrogen) atoms. The average Bonchev–Trinajstić information content (AvgIpc) is 3.74. The number of fused-ring (bicyclic) bond motifs is 3. The molecule has 5 nitrogen and oxygen atoms in total. The summed E-state index contributed by atoms with van der Waals surface area (Å²) in [5.41, 5.74) is 14.2. The number of hydrogen-bond acceptors (Lipinski definition) is 3. The first kappa shape index (κ1) is 34.3. The van der Waals surface area contributed by atoms with Crippen molar-refractivity contribution in [1.82, 2.24) is 19.3 Å². The molecule has 0 saturated carbocycles. The molecule has 0 bridgehead atoms. The molecule has 0 fully saturated rings. The van der Waals surface area contributed by atoms with E-state index in [0.717, 1.165) is 46.9 Å². The molecular formula is C46H50N4O. The molecule has 0 aliphatic heterocycles. The highest BCUT2D eigenvalue weighted by atomic mass is 16.5. The highest BCUT2D eigenvalue weighted by molar-refractivity contribution is 6.09. The fourth-order valence-corrected chi connectivity index (χ4v) is 8.22. The Balaban J connectivity index is 1.27. The summed E-state index contributed by atoms with van der Waals surface area (Å²) >= 11 is 0. The molecule has 5 heteroatoms. The Hall–Kier alpha value is -5.16. The van der Waals surface area contributed by atoms with Crippen LogP contribution in [-0.4, -0.2) is 19.3 Å². The zero-order valence-electron chi connectivity index (χ0n) is 31.4. The summed E-state index contributed by atoms with van der Waals surface area (Å²) < 4.78 is 10.8. The SMILES string of the molecule is CCCC(C)c1c(C)c(C)c(C)c(C(C)CCC)c1-c1cnn(-c2cccc(Oc3ccc4c5ccccc5n(-c5cc(C)ccn5)c4c3)c2)c1. The minimum atomic E-state index is 0.467. The van der Waals surface area contributed by atoms with Gasteiger partial charge in [0.05, 0.1) is 22.9 Å². The Morgan fingerprint density at radius 2 is 1.37 bits per heavy atom. The summed E-state index contributed by atoms with van der Waals surface area (Å²) in [5.74, 6) is 3.36. The van der Waals surface area contributed by atoms with Crippen LogP contribution in [0, 0.1) is 27.7 Å². The first-order chi connectivity index (χ1) is 24.7. The summed E-state index contributed by atoms with van der Waals surface area (Å²) in [6.07, 6.45) is 10.8. The zero-order chi connectivity index (χ0) is 35.8. The average molecular weight is 675 g/mol. The summed E-state index contributed by atoms with van der Waals surface area (Å²) in [4.78, 5) is 4.74. The van der Waals surface area contributed by atoms with E-state index in [4.69, 9.17) is 14.8 Å². The third kappa shape index (κ3) is 6.35. The second kappa shape index (κ2) is 14.2. The molecule has 2 atom stereocenters. The molecule has 4 aromatic carbocycles. The van der Waals surface area contributed by atoms with Crippen molar-refractivity contribution in [3.63, 3.8) is 0 Å². The van der Waals surface area contributed by atoms with E-state index < -0.39 is 0 Å². The molecule has 0 N–H and O–H groups in total. The molecule has 3 aromatic heterocycles. The number of aromatic nitrogens is 4. The van der Waals surface area contributed by atoms with E-state index in [9.17, 15) is 0 Å². The number of aryl methyl sites for hydroxylation is 1. The van der Waals surface area contributed by atoms with Crippen molar-refractivity contribution in [2.45, 2.75) is 92.9 Å². The molecule has 260 valence electrons. The smallest absolute Gasteiger partial charge is 0.137 e. The van der Waals surface area contributed by atoms with Gasteiger partial charge in [0, 0.05) is 40.9 Å². The van der Waals surface area contributed by atoms with E-state index in [1.165, 1.54) is 68.1 Å². The van der Waals surface area contributed by atoms with Crippen LogP contribution in [0.2, 0.25) is 0 Å². The zero-order valence-corrected chi connectivity index (χ0v) is 31.4. The van der Waals surface area contributed by atoms with Crippen molar-refractivity contribution < 1.29 is 4.74 Å². The van der Waals surface area contributed by atoms with Crippen molar-refractivity contribution in [3.05, 3.63) is 131 Å². The number of ether oxygens (including phenoxy) is 1. The first-order valence-corrected chi connectivity index (χ1v) is 18.6. The molecule has 0 spiro atoms. The molecule has 0 aliphatic rings. The maximum atomic E-state index is 6.58. The molecule has 0 aliphatic carbocycles. The van der Waals surface area contributed by atoms with E-state index in [1.54, 1.807) is 0 Å².